The van der Waals surface area contributed by atoms with Gasteiger partial charge >= 0.3 is 11.9 Å². The molecule has 0 radical (unpaired) electrons. The summed E-state index contributed by atoms with van der Waals surface area (Å²) in [5.74, 6) is -1.62. The summed E-state index contributed by atoms with van der Waals surface area (Å²) in [6.45, 7) is 8.25. The molecule has 4 heteroatoms. The highest BCUT2D eigenvalue weighted by molar-refractivity contribution is 5.72. The van der Waals surface area contributed by atoms with E-state index in [1.807, 2.05) is 0 Å². The van der Waals surface area contributed by atoms with Crippen LogP contribution in [0, 0.1) is 23.7 Å². The Bertz CT molecular complexity index is 284. The maximum absolute atomic E-state index is 11.4. The van der Waals surface area contributed by atoms with Gasteiger partial charge in [-0.15, -0.1) is 0 Å². The van der Waals surface area contributed by atoms with Crippen molar-refractivity contribution < 1.29 is 19.8 Å². The van der Waals surface area contributed by atoms with Crippen LogP contribution in [0.25, 0.3) is 0 Å². The lowest BCUT2D eigenvalue weighted by Crippen LogP contribution is -2.26. The summed E-state index contributed by atoms with van der Waals surface area (Å²) in [4.78, 5) is 22.3. The fourth-order valence-electron chi connectivity index (χ4n) is 2.29. The van der Waals surface area contributed by atoms with Gasteiger partial charge in [0.15, 0.2) is 0 Å². The number of carboxylic acids is 2. The molecule has 2 N–H and O–H groups in total. The Morgan fingerprint density at radius 2 is 1.32 bits per heavy atom. The Hall–Kier alpha value is -1.06. The maximum Gasteiger partial charge on any atom is 0.306 e. The first kappa shape index (κ1) is 17.9. The first-order valence-corrected chi connectivity index (χ1v) is 7.18. The molecule has 0 rings (SSSR count). The van der Waals surface area contributed by atoms with E-state index in [0.717, 1.165) is 12.8 Å². The highest BCUT2D eigenvalue weighted by Crippen LogP contribution is 2.29. The predicted octanol–water partition coefficient (Wildman–Crippen LogP) is 3.65. The fourth-order valence-corrected chi connectivity index (χ4v) is 2.29. The first-order chi connectivity index (χ1) is 8.73. The van der Waals surface area contributed by atoms with Crippen LogP contribution < -0.4 is 0 Å². The molecule has 0 fully saturated rings. The normalized spacial score (nSPS) is 14.6. The van der Waals surface area contributed by atoms with E-state index in [-0.39, 0.29) is 12.3 Å². The van der Waals surface area contributed by atoms with Crippen LogP contribution in [0.4, 0.5) is 0 Å². The van der Waals surface area contributed by atoms with Crippen molar-refractivity contribution in [1.82, 2.24) is 0 Å². The van der Waals surface area contributed by atoms with Crippen LogP contribution in [0.1, 0.15) is 59.8 Å². The van der Waals surface area contributed by atoms with Gasteiger partial charge in [0, 0.05) is 6.42 Å². The van der Waals surface area contributed by atoms with Gasteiger partial charge < -0.3 is 10.2 Å². The first-order valence-electron chi connectivity index (χ1n) is 7.18. The van der Waals surface area contributed by atoms with Crippen molar-refractivity contribution in [2.24, 2.45) is 23.7 Å². The van der Waals surface area contributed by atoms with Crippen molar-refractivity contribution in [2.45, 2.75) is 59.8 Å². The lowest BCUT2D eigenvalue weighted by atomic mass is 9.80. The molecule has 2 atom stereocenters. The largest absolute Gasteiger partial charge is 0.481 e. The van der Waals surface area contributed by atoms with Gasteiger partial charge in [0.1, 0.15) is 0 Å². The molecule has 0 aromatic rings. The molecule has 0 aliphatic heterocycles. The molecule has 0 aliphatic carbocycles. The van der Waals surface area contributed by atoms with E-state index in [9.17, 15) is 14.7 Å². The summed E-state index contributed by atoms with van der Waals surface area (Å²) >= 11 is 0. The van der Waals surface area contributed by atoms with Crippen molar-refractivity contribution in [3.05, 3.63) is 0 Å². The van der Waals surface area contributed by atoms with Crippen LogP contribution in [0.5, 0.6) is 0 Å². The summed E-state index contributed by atoms with van der Waals surface area (Å²) in [6, 6.07) is 0. The van der Waals surface area contributed by atoms with Crippen molar-refractivity contribution in [2.75, 3.05) is 0 Å². The van der Waals surface area contributed by atoms with Gasteiger partial charge in [0.2, 0.25) is 0 Å². The van der Waals surface area contributed by atoms with Gasteiger partial charge in [0.25, 0.3) is 0 Å². The summed E-state index contributed by atoms with van der Waals surface area (Å²) in [7, 11) is 0. The highest BCUT2D eigenvalue weighted by Gasteiger charge is 2.29. The second-order valence-corrected chi connectivity index (χ2v) is 6.25. The number of carbonyl (C=O) groups is 2. The smallest absolute Gasteiger partial charge is 0.306 e. The molecular formula is C15H28O4. The third-order valence-electron chi connectivity index (χ3n) is 3.49. The van der Waals surface area contributed by atoms with E-state index < -0.39 is 17.9 Å². The second-order valence-electron chi connectivity index (χ2n) is 6.25. The van der Waals surface area contributed by atoms with E-state index in [0.29, 0.717) is 24.7 Å². The SMILES string of the molecule is CC(C)CCC(CC(=O)O)C(CCC(C)C)C(=O)O. The minimum atomic E-state index is -0.899. The van der Waals surface area contributed by atoms with Crippen molar-refractivity contribution >= 4 is 11.9 Å². The average molecular weight is 272 g/mol. The number of hydrogen-bond acceptors (Lipinski definition) is 2. The van der Waals surface area contributed by atoms with E-state index >= 15 is 0 Å². The zero-order valence-corrected chi connectivity index (χ0v) is 12.6. The van der Waals surface area contributed by atoms with Crippen molar-refractivity contribution in [1.29, 1.82) is 0 Å². The van der Waals surface area contributed by atoms with Gasteiger partial charge in [-0.3, -0.25) is 9.59 Å². The second kappa shape index (κ2) is 8.94. The standard InChI is InChI=1S/C15H28O4/c1-10(2)5-7-12(9-14(16)17)13(15(18)19)8-6-11(3)4/h10-13H,5-9H2,1-4H3,(H,16,17)(H,18,19). The minimum absolute atomic E-state index is 0.0399. The molecule has 0 spiro atoms. The Morgan fingerprint density at radius 3 is 1.68 bits per heavy atom. The van der Waals surface area contributed by atoms with Crippen LogP contribution in [0.15, 0.2) is 0 Å². The van der Waals surface area contributed by atoms with Gasteiger partial charge in [-0.25, -0.2) is 0 Å². The number of carboxylic acid groups (broad SMARTS) is 2. The third kappa shape index (κ3) is 8.62. The zero-order chi connectivity index (χ0) is 15.0. The lowest BCUT2D eigenvalue weighted by molar-refractivity contribution is -0.146. The molecular weight excluding hydrogens is 244 g/mol. The summed E-state index contributed by atoms with van der Waals surface area (Å²) < 4.78 is 0. The van der Waals surface area contributed by atoms with Gasteiger partial charge in [-0.2, -0.15) is 0 Å². The third-order valence-corrected chi connectivity index (χ3v) is 3.49. The minimum Gasteiger partial charge on any atom is -0.481 e. The molecule has 0 saturated carbocycles. The predicted molar refractivity (Wildman–Crippen MR) is 75.0 cm³/mol. The molecule has 0 aromatic carbocycles. The van der Waals surface area contributed by atoms with Crippen LogP contribution in [-0.4, -0.2) is 22.2 Å². The molecule has 4 nitrogen and oxygen atoms in total. The van der Waals surface area contributed by atoms with Crippen molar-refractivity contribution in [3.63, 3.8) is 0 Å². The van der Waals surface area contributed by atoms with Crippen LogP contribution in [0.2, 0.25) is 0 Å². The highest BCUT2D eigenvalue weighted by atomic mass is 16.4. The molecule has 0 heterocycles. The molecule has 0 amide bonds. The van der Waals surface area contributed by atoms with Crippen LogP contribution >= 0.6 is 0 Å². The summed E-state index contributed by atoms with van der Waals surface area (Å²) in [5, 5.41) is 18.3. The van der Waals surface area contributed by atoms with E-state index in [1.165, 1.54) is 0 Å². The summed E-state index contributed by atoms with van der Waals surface area (Å²) in [5.41, 5.74) is 0. The van der Waals surface area contributed by atoms with E-state index in [4.69, 9.17) is 5.11 Å². The Balaban J connectivity index is 4.70. The van der Waals surface area contributed by atoms with Gasteiger partial charge in [-0.05, 0) is 30.6 Å². The molecule has 19 heavy (non-hydrogen) atoms. The molecule has 0 aromatic heterocycles. The Morgan fingerprint density at radius 1 is 0.842 bits per heavy atom. The molecule has 112 valence electrons. The topological polar surface area (TPSA) is 74.6 Å². The molecule has 2 unspecified atom stereocenters. The van der Waals surface area contributed by atoms with Crippen molar-refractivity contribution in [3.8, 4) is 0 Å². The lowest BCUT2D eigenvalue weighted by Gasteiger charge is -2.24. The Labute approximate surface area is 116 Å². The molecule has 0 saturated heterocycles. The molecule has 0 bridgehead atoms. The van der Waals surface area contributed by atoms with E-state index in [1.54, 1.807) is 0 Å². The van der Waals surface area contributed by atoms with Crippen LogP contribution in [-0.2, 0) is 9.59 Å². The monoisotopic (exact) mass is 272 g/mol. The number of rotatable bonds is 10. The number of hydrogen-bond donors (Lipinski definition) is 2. The van der Waals surface area contributed by atoms with Crippen LogP contribution in [0.3, 0.4) is 0 Å². The maximum atomic E-state index is 11.4. The van der Waals surface area contributed by atoms with E-state index in [2.05, 4.69) is 27.7 Å². The summed E-state index contributed by atoms with van der Waals surface area (Å²) in [6.07, 6.45) is 2.92. The quantitative estimate of drug-likeness (QED) is 0.636. The Kier molecular flexibility index (Phi) is 8.44. The van der Waals surface area contributed by atoms with Gasteiger partial charge in [0.05, 0.1) is 5.92 Å². The average Bonchev–Trinajstić information content (AvgIpc) is 2.23. The fraction of sp³-hybridized carbons (Fsp3) is 0.867. The zero-order valence-electron chi connectivity index (χ0n) is 12.6. The molecule has 0 aliphatic rings. The van der Waals surface area contributed by atoms with Gasteiger partial charge in [-0.1, -0.05) is 40.5 Å². The number of aliphatic carboxylic acids is 2.